The van der Waals surface area contributed by atoms with Crippen molar-refractivity contribution in [2.75, 3.05) is 13.2 Å². The Morgan fingerprint density at radius 3 is 1.80 bits per heavy atom. The average molecular weight is 502 g/mol. The number of amides is 1. The molecule has 0 saturated carbocycles. The van der Waals surface area contributed by atoms with Gasteiger partial charge in [0.2, 0.25) is 5.91 Å². The number of unbranched alkanes of at least 4 members (excludes halogenated alkanes) is 8. The summed E-state index contributed by atoms with van der Waals surface area (Å²) >= 11 is 0. The molecule has 0 bridgehead atoms. The number of esters is 3. The highest BCUT2D eigenvalue weighted by atomic mass is 16.7. The first kappa shape index (κ1) is 30.8. The van der Waals surface area contributed by atoms with Gasteiger partial charge in [0.15, 0.2) is 18.5 Å². The normalized spacial score (nSPS) is 23.9. The number of carbonyl (C=O) groups excluding carboxylic acids is 4. The first-order chi connectivity index (χ1) is 16.6. The van der Waals surface area contributed by atoms with Gasteiger partial charge >= 0.3 is 17.9 Å². The van der Waals surface area contributed by atoms with E-state index in [-0.39, 0.29) is 6.61 Å². The summed E-state index contributed by atoms with van der Waals surface area (Å²) < 4.78 is 27.8. The van der Waals surface area contributed by atoms with Crippen molar-refractivity contribution < 1.29 is 42.9 Å². The molecule has 0 aliphatic carbocycles. The second kappa shape index (κ2) is 17.3. The topological polar surface area (TPSA) is 126 Å². The van der Waals surface area contributed by atoms with Gasteiger partial charge < -0.3 is 29.0 Å². The quantitative estimate of drug-likeness (QED) is 0.193. The van der Waals surface area contributed by atoms with E-state index in [1.54, 1.807) is 0 Å². The van der Waals surface area contributed by atoms with Gasteiger partial charge in [0, 0.05) is 34.3 Å². The van der Waals surface area contributed by atoms with E-state index in [0.717, 1.165) is 19.3 Å². The van der Waals surface area contributed by atoms with Crippen molar-refractivity contribution in [3.8, 4) is 0 Å². The molecule has 10 heteroatoms. The molecule has 1 fully saturated rings. The fourth-order valence-electron chi connectivity index (χ4n) is 4.05. The zero-order valence-electron chi connectivity index (χ0n) is 21.8. The molecule has 35 heavy (non-hydrogen) atoms. The lowest BCUT2D eigenvalue weighted by molar-refractivity contribution is -0.277. The minimum Gasteiger partial charge on any atom is -0.463 e. The number of nitrogens with one attached hydrogen (secondary N) is 1. The third-order valence-electron chi connectivity index (χ3n) is 5.60. The van der Waals surface area contributed by atoms with E-state index in [4.69, 9.17) is 23.7 Å². The van der Waals surface area contributed by atoms with Crippen LogP contribution in [0.4, 0.5) is 0 Å². The van der Waals surface area contributed by atoms with Crippen LogP contribution in [0, 0.1) is 0 Å². The van der Waals surface area contributed by atoms with Crippen molar-refractivity contribution in [3.05, 3.63) is 0 Å². The Morgan fingerprint density at radius 2 is 1.29 bits per heavy atom. The molecule has 5 atom stereocenters. The van der Waals surface area contributed by atoms with Crippen LogP contribution in [0.3, 0.4) is 0 Å². The van der Waals surface area contributed by atoms with Crippen LogP contribution >= 0.6 is 0 Å². The molecule has 0 unspecified atom stereocenters. The number of rotatable bonds is 16. The number of carbonyl (C=O) groups is 4. The summed E-state index contributed by atoms with van der Waals surface area (Å²) in [5.41, 5.74) is 0. The van der Waals surface area contributed by atoms with Crippen molar-refractivity contribution in [1.29, 1.82) is 0 Å². The third kappa shape index (κ3) is 12.9. The summed E-state index contributed by atoms with van der Waals surface area (Å²) in [6, 6.07) is -0.923. The minimum absolute atomic E-state index is 0.240. The molecule has 1 N–H and O–H groups in total. The Morgan fingerprint density at radius 1 is 0.743 bits per heavy atom. The molecular formula is C25H43NO9. The van der Waals surface area contributed by atoms with Gasteiger partial charge in [0.25, 0.3) is 0 Å². The lowest BCUT2D eigenvalue weighted by Crippen LogP contribution is -2.66. The first-order valence-electron chi connectivity index (χ1n) is 12.7. The van der Waals surface area contributed by atoms with Crippen LogP contribution in [0.25, 0.3) is 0 Å². The molecule has 1 saturated heterocycles. The van der Waals surface area contributed by atoms with E-state index in [2.05, 4.69) is 12.2 Å². The molecule has 1 heterocycles. The second-order valence-electron chi connectivity index (χ2n) is 8.92. The summed E-state index contributed by atoms with van der Waals surface area (Å²) in [5, 5.41) is 2.70. The molecule has 1 amide bonds. The van der Waals surface area contributed by atoms with Crippen molar-refractivity contribution >= 4 is 23.8 Å². The number of hydrogen-bond donors (Lipinski definition) is 1. The Bertz CT molecular complexity index is 669. The Kier molecular flexibility index (Phi) is 15.2. The maximum Gasteiger partial charge on any atom is 0.303 e. The zero-order chi connectivity index (χ0) is 26.2. The zero-order valence-corrected chi connectivity index (χ0v) is 21.8. The lowest BCUT2D eigenvalue weighted by Gasteiger charge is -2.44. The Balaban J connectivity index is 2.83. The van der Waals surface area contributed by atoms with E-state index >= 15 is 0 Å². The van der Waals surface area contributed by atoms with Crippen molar-refractivity contribution in [1.82, 2.24) is 5.32 Å². The minimum atomic E-state index is -1.11. The highest BCUT2D eigenvalue weighted by Crippen LogP contribution is 2.28. The first-order valence-corrected chi connectivity index (χ1v) is 12.7. The standard InChI is InChI=1S/C25H43NO9/c1-6-7-8-9-10-11-12-13-14-15-31-25-22(26-17(2)27)24(34-20(5)30)23(33-19(4)29)21(35-25)16-32-18(3)28/h21-25H,6-16H2,1-5H3,(H,26,27)/t21-,22-,23-,24-,25-/m1/s1. The van der Waals surface area contributed by atoms with Crippen LogP contribution in [0.15, 0.2) is 0 Å². The molecular weight excluding hydrogens is 458 g/mol. The van der Waals surface area contributed by atoms with E-state index < -0.39 is 54.5 Å². The second-order valence-corrected chi connectivity index (χ2v) is 8.92. The van der Waals surface area contributed by atoms with E-state index in [9.17, 15) is 19.2 Å². The summed E-state index contributed by atoms with van der Waals surface area (Å²) in [6.07, 6.45) is 6.23. The van der Waals surface area contributed by atoms with Crippen molar-refractivity contribution in [3.63, 3.8) is 0 Å². The Labute approximate surface area is 208 Å². The molecule has 0 aromatic carbocycles. The lowest BCUT2D eigenvalue weighted by atomic mass is 9.96. The molecule has 1 rings (SSSR count). The van der Waals surface area contributed by atoms with Crippen molar-refractivity contribution in [2.45, 2.75) is 123 Å². The third-order valence-corrected chi connectivity index (χ3v) is 5.60. The van der Waals surface area contributed by atoms with Crippen LogP contribution in [0.1, 0.15) is 92.4 Å². The molecule has 0 spiro atoms. The molecule has 0 radical (unpaired) electrons. The molecule has 0 aromatic rings. The van der Waals surface area contributed by atoms with E-state index in [1.165, 1.54) is 66.2 Å². The molecule has 1 aliphatic rings. The maximum absolute atomic E-state index is 11.9. The van der Waals surface area contributed by atoms with Crippen LogP contribution in [0.5, 0.6) is 0 Å². The number of ether oxygens (including phenoxy) is 5. The van der Waals surface area contributed by atoms with Gasteiger partial charge in [0.1, 0.15) is 18.8 Å². The molecule has 202 valence electrons. The predicted octanol–water partition coefficient (Wildman–Crippen LogP) is 3.19. The maximum atomic E-state index is 11.9. The largest absolute Gasteiger partial charge is 0.463 e. The van der Waals surface area contributed by atoms with Crippen LogP contribution < -0.4 is 5.32 Å². The highest BCUT2D eigenvalue weighted by Gasteiger charge is 2.51. The van der Waals surface area contributed by atoms with Gasteiger partial charge in [-0.2, -0.15) is 0 Å². The fraction of sp³-hybridized carbons (Fsp3) is 0.840. The molecule has 0 aromatic heterocycles. The summed E-state index contributed by atoms with van der Waals surface area (Å²) in [5.74, 6) is -2.21. The van der Waals surface area contributed by atoms with Crippen LogP contribution in [-0.4, -0.2) is 67.7 Å². The summed E-state index contributed by atoms with van der Waals surface area (Å²) in [6.45, 7) is 7.30. The van der Waals surface area contributed by atoms with Crippen LogP contribution in [-0.2, 0) is 42.9 Å². The summed E-state index contributed by atoms with van der Waals surface area (Å²) in [7, 11) is 0. The predicted molar refractivity (Wildman–Crippen MR) is 127 cm³/mol. The van der Waals surface area contributed by atoms with Gasteiger partial charge in [-0.3, -0.25) is 19.2 Å². The van der Waals surface area contributed by atoms with Gasteiger partial charge in [-0.25, -0.2) is 0 Å². The monoisotopic (exact) mass is 501 g/mol. The van der Waals surface area contributed by atoms with E-state index in [0.29, 0.717) is 6.61 Å². The van der Waals surface area contributed by atoms with Gasteiger partial charge in [-0.1, -0.05) is 58.3 Å². The summed E-state index contributed by atoms with van der Waals surface area (Å²) in [4.78, 5) is 46.9. The number of hydrogen-bond acceptors (Lipinski definition) is 9. The Hall–Kier alpha value is -2.20. The smallest absolute Gasteiger partial charge is 0.303 e. The van der Waals surface area contributed by atoms with Gasteiger partial charge in [-0.15, -0.1) is 0 Å². The van der Waals surface area contributed by atoms with Crippen LogP contribution in [0.2, 0.25) is 0 Å². The van der Waals surface area contributed by atoms with Gasteiger partial charge in [0.05, 0.1) is 0 Å². The molecule has 1 aliphatic heterocycles. The van der Waals surface area contributed by atoms with Gasteiger partial charge in [-0.05, 0) is 6.42 Å². The highest BCUT2D eigenvalue weighted by molar-refractivity contribution is 5.73. The average Bonchev–Trinajstić information content (AvgIpc) is 2.76. The molecule has 10 nitrogen and oxygen atoms in total. The SMILES string of the molecule is CCCCCCCCCCCO[C@@H]1O[C@H](COC(C)=O)[C@@H](OC(C)=O)[C@H](OC(C)=O)[C@H]1NC(C)=O. The van der Waals surface area contributed by atoms with E-state index in [1.807, 2.05) is 0 Å². The van der Waals surface area contributed by atoms with Crippen molar-refractivity contribution in [2.24, 2.45) is 0 Å². The fourth-order valence-corrected chi connectivity index (χ4v) is 4.05.